The first kappa shape index (κ1) is 19.6. The first-order valence-corrected chi connectivity index (χ1v) is 10.4. The van der Waals surface area contributed by atoms with Crippen LogP contribution in [-0.2, 0) is 11.3 Å². The van der Waals surface area contributed by atoms with Crippen LogP contribution < -0.4 is 14.5 Å². The number of nitrogens with zero attached hydrogens (tertiary/aromatic N) is 2. The Hall–Kier alpha value is -2.73. The lowest BCUT2D eigenvalue weighted by Gasteiger charge is -2.34. The zero-order valence-electron chi connectivity index (χ0n) is 17.0. The summed E-state index contributed by atoms with van der Waals surface area (Å²) < 4.78 is 5.23. The number of piperazine rings is 1. The molecule has 1 aliphatic carbocycles. The summed E-state index contributed by atoms with van der Waals surface area (Å²) >= 11 is 0. The fourth-order valence-corrected chi connectivity index (χ4v) is 3.97. The lowest BCUT2D eigenvalue weighted by atomic mass is 10.2. The number of hydrogen-bond acceptors (Lipinski definition) is 4. The summed E-state index contributed by atoms with van der Waals surface area (Å²) in [6.45, 7) is 5.00. The number of phenolic OH excluding ortho intramolecular Hbond substituents is 1. The Balaban J connectivity index is 1.31. The molecule has 0 aromatic heterocycles. The smallest absolute Gasteiger partial charge is 0.278 e. The topological polar surface area (TPSA) is 57.5 Å². The molecule has 0 spiro atoms. The van der Waals surface area contributed by atoms with Gasteiger partial charge < -0.3 is 24.5 Å². The number of anilines is 1. The maximum absolute atomic E-state index is 13.0. The van der Waals surface area contributed by atoms with E-state index in [9.17, 15) is 9.90 Å². The summed E-state index contributed by atoms with van der Waals surface area (Å²) in [5, 5.41) is 9.46. The molecule has 1 aliphatic heterocycles. The highest BCUT2D eigenvalue weighted by Crippen LogP contribution is 2.28. The quantitative estimate of drug-likeness (QED) is 0.741. The van der Waals surface area contributed by atoms with Gasteiger partial charge in [0, 0.05) is 18.3 Å². The average Bonchev–Trinajstić information content (AvgIpc) is 3.59. The number of ether oxygens (including phenoxy) is 1. The molecule has 0 radical (unpaired) electrons. The third-order valence-electron chi connectivity index (χ3n) is 5.91. The second kappa shape index (κ2) is 8.74. The second-order valence-electron chi connectivity index (χ2n) is 8.03. The molecule has 29 heavy (non-hydrogen) atoms. The van der Waals surface area contributed by atoms with Crippen molar-refractivity contribution in [3.63, 3.8) is 0 Å². The van der Waals surface area contributed by atoms with Crippen LogP contribution in [0.3, 0.4) is 0 Å². The van der Waals surface area contributed by atoms with Gasteiger partial charge in [-0.1, -0.05) is 12.1 Å². The van der Waals surface area contributed by atoms with E-state index in [-0.39, 0.29) is 5.91 Å². The number of nitrogens with one attached hydrogen (secondary N) is 1. The van der Waals surface area contributed by atoms with Gasteiger partial charge in [-0.2, -0.15) is 0 Å². The van der Waals surface area contributed by atoms with Crippen molar-refractivity contribution < 1.29 is 19.5 Å². The highest BCUT2D eigenvalue weighted by Gasteiger charge is 2.34. The Morgan fingerprint density at radius 1 is 1.10 bits per heavy atom. The van der Waals surface area contributed by atoms with Gasteiger partial charge in [0.05, 0.1) is 33.3 Å². The summed E-state index contributed by atoms with van der Waals surface area (Å²) in [5.74, 6) is 1.39. The second-order valence-corrected chi connectivity index (χ2v) is 8.03. The number of quaternary nitrogens is 1. The average molecular weight is 397 g/mol. The minimum Gasteiger partial charge on any atom is -0.508 e. The molecule has 0 bridgehead atoms. The van der Waals surface area contributed by atoms with Gasteiger partial charge in [0.1, 0.15) is 11.5 Å². The van der Waals surface area contributed by atoms with Crippen LogP contribution in [-0.4, -0.2) is 61.8 Å². The molecule has 2 aromatic rings. The maximum Gasteiger partial charge on any atom is 0.278 e. The third-order valence-corrected chi connectivity index (χ3v) is 5.91. The van der Waals surface area contributed by atoms with Crippen molar-refractivity contribution in [1.29, 1.82) is 0 Å². The van der Waals surface area contributed by atoms with E-state index in [0.29, 0.717) is 24.9 Å². The molecule has 4 rings (SSSR count). The van der Waals surface area contributed by atoms with E-state index in [2.05, 4.69) is 9.80 Å². The van der Waals surface area contributed by atoms with Crippen LogP contribution in [0.25, 0.3) is 0 Å². The van der Waals surface area contributed by atoms with Crippen molar-refractivity contribution >= 4 is 11.6 Å². The molecule has 1 saturated carbocycles. The molecule has 2 aliphatic rings. The lowest BCUT2D eigenvalue weighted by Crippen LogP contribution is -3.15. The third kappa shape index (κ3) is 5.01. The van der Waals surface area contributed by atoms with Gasteiger partial charge in [-0.25, -0.2) is 0 Å². The van der Waals surface area contributed by atoms with Crippen LogP contribution in [0, 0.1) is 0 Å². The van der Waals surface area contributed by atoms with Crippen LogP contribution in [0.15, 0.2) is 48.5 Å². The van der Waals surface area contributed by atoms with E-state index < -0.39 is 0 Å². The van der Waals surface area contributed by atoms with Crippen molar-refractivity contribution in [2.45, 2.75) is 25.4 Å². The van der Waals surface area contributed by atoms with Crippen LogP contribution in [0.2, 0.25) is 0 Å². The highest BCUT2D eigenvalue weighted by molar-refractivity contribution is 5.77. The molecule has 2 N–H and O–H groups in total. The Morgan fingerprint density at radius 2 is 1.76 bits per heavy atom. The van der Waals surface area contributed by atoms with Crippen LogP contribution in [0.1, 0.15) is 18.4 Å². The van der Waals surface area contributed by atoms with Crippen molar-refractivity contribution in [3.8, 4) is 11.5 Å². The largest absolute Gasteiger partial charge is 0.508 e. The van der Waals surface area contributed by atoms with Gasteiger partial charge in [0.2, 0.25) is 0 Å². The summed E-state index contributed by atoms with van der Waals surface area (Å²) in [4.78, 5) is 18.8. The number of amides is 1. The Kier molecular flexibility index (Phi) is 5.90. The van der Waals surface area contributed by atoms with Gasteiger partial charge in [0.25, 0.3) is 5.91 Å². The van der Waals surface area contributed by atoms with E-state index in [0.717, 1.165) is 56.0 Å². The Morgan fingerprint density at radius 3 is 2.34 bits per heavy atom. The summed E-state index contributed by atoms with van der Waals surface area (Å²) in [6, 6.07) is 15.8. The number of aromatic hydroxyl groups is 1. The molecule has 2 fully saturated rings. The monoisotopic (exact) mass is 396 g/mol. The van der Waals surface area contributed by atoms with Gasteiger partial charge in [-0.3, -0.25) is 4.79 Å². The first-order valence-electron chi connectivity index (χ1n) is 10.4. The zero-order valence-corrected chi connectivity index (χ0v) is 17.0. The fraction of sp³-hybridized carbons (Fsp3) is 0.435. The van der Waals surface area contributed by atoms with Gasteiger partial charge >= 0.3 is 0 Å². The number of carbonyl (C=O) groups excluding carboxylic acids is 1. The Labute approximate surface area is 172 Å². The molecule has 1 amide bonds. The van der Waals surface area contributed by atoms with Crippen LogP contribution >= 0.6 is 0 Å². The highest BCUT2D eigenvalue weighted by atomic mass is 16.5. The van der Waals surface area contributed by atoms with E-state index >= 15 is 0 Å². The molecule has 1 saturated heterocycles. The molecule has 1 heterocycles. The number of rotatable bonds is 7. The molecular weight excluding hydrogens is 366 g/mol. The van der Waals surface area contributed by atoms with Crippen LogP contribution in [0.4, 0.5) is 5.69 Å². The van der Waals surface area contributed by atoms with E-state index in [4.69, 9.17) is 4.74 Å². The predicted molar refractivity (Wildman–Crippen MR) is 112 cm³/mol. The molecule has 2 aromatic carbocycles. The molecule has 0 unspecified atom stereocenters. The number of phenols is 1. The van der Waals surface area contributed by atoms with Crippen molar-refractivity contribution in [2.24, 2.45) is 0 Å². The van der Waals surface area contributed by atoms with Crippen molar-refractivity contribution in [3.05, 3.63) is 54.1 Å². The minimum atomic E-state index is 0.261. The Bertz CT molecular complexity index is 810. The van der Waals surface area contributed by atoms with E-state index in [1.807, 2.05) is 36.4 Å². The normalized spacial score (nSPS) is 17.2. The van der Waals surface area contributed by atoms with Crippen LogP contribution in [0.5, 0.6) is 11.5 Å². The van der Waals surface area contributed by atoms with Crippen molar-refractivity contribution in [1.82, 2.24) is 4.90 Å². The number of methoxy groups -OCH3 is 1. The van der Waals surface area contributed by atoms with E-state index in [1.165, 1.54) is 4.90 Å². The predicted octanol–water partition coefficient (Wildman–Crippen LogP) is 1.30. The molecule has 6 heteroatoms. The SMILES string of the molecule is COc1ccc(CN(C(=O)C[NH+]2CCN(c3ccc(O)cc3)CC2)C2CC2)cc1. The lowest BCUT2D eigenvalue weighted by molar-refractivity contribution is -0.892. The van der Waals surface area contributed by atoms with Gasteiger partial charge in [0.15, 0.2) is 6.54 Å². The molecule has 154 valence electrons. The number of hydrogen-bond donors (Lipinski definition) is 2. The fourth-order valence-electron chi connectivity index (χ4n) is 3.97. The van der Waals surface area contributed by atoms with Gasteiger partial charge in [-0.15, -0.1) is 0 Å². The number of benzene rings is 2. The summed E-state index contributed by atoms with van der Waals surface area (Å²) in [5.41, 5.74) is 2.28. The maximum atomic E-state index is 13.0. The molecule has 6 nitrogen and oxygen atoms in total. The summed E-state index contributed by atoms with van der Waals surface area (Å²) in [6.07, 6.45) is 2.23. The first-order chi connectivity index (χ1) is 14.1. The zero-order chi connectivity index (χ0) is 20.2. The van der Waals surface area contributed by atoms with Gasteiger partial charge in [-0.05, 0) is 54.8 Å². The summed E-state index contributed by atoms with van der Waals surface area (Å²) in [7, 11) is 1.67. The van der Waals surface area contributed by atoms with E-state index in [1.54, 1.807) is 19.2 Å². The molecule has 0 atom stereocenters. The number of carbonyl (C=O) groups is 1. The minimum absolute atomic E-state index is 0.261. The molecular formula is C23H30N3O3+. The standard InChI is InChI=1S/C23H29N3O3/c1-29-22-10-2-18(3-11-22)16-26(20-4-5-20)23(28)17-24-12-14-25(15-13-24)19-6-8-21(27)9-7-19/h2-3,6-11,20,27H,4-5,12-17H2,1H3/p+1. The van der Waals surface area contributed by atoms with Crippen molar-refractivity contribution in [2.75, 3.05) is 44.7 Å².